The van der Waals surface area contributed by atoms with E-state index in [1.165, 1.54) is 13.2 Å². The van der Waals surface area contributed by atoms with Crippen LogP contribution in [0.15, 0.2) is 12.1 Å². The molecule has 0 aliphatic heterocycles. The summed E-state index contributed by atoms with van der Waals surface area (Å²) < 4.78 is 39.6. The molecule has 0 fully saturated rings. The molecule has 0 saturated carbocycles. The normalized spacial score (nSPS) is 11.5. The number of rotatable bonds is 3. The molecule has 7 heteroatoms. The second-order valence-electron chi connectivity index (χ2n) is 2.72. The molecule has 84 valence electrons. The van der Waals surface area contributed by atoms with Gasteiger partial charge in [0.15, 0.2) is 11.6 Å². The van der Waals surface area contributed by atoms with Gasteiger partial charge in [0.1, 0.15) is 0 Å². The Hall–Kier alpha value is -0.520. The lowest BCUT2D eigenvalue weighted by atomic mass is 10.2. The van der Waals surface area contributed by atoms with Crippen LogP contribution in [-0.2, 0) is 14.8 Å². The van der Waals surface area contributed by atoms with Gasteiger partial charge in [0, 0.05) is 21.3 Å². The maximum atomic E-state index is 13.2. The zero-order valence-electron chi connectivity index (χ0n) is 7.63. The van der Waals surface area contributed by atoms with Gasteiger partial charge in [0.25, 0.3) is 0 Å². The highest BCUT2D eigenvalue weighted by Crippen LogP contribution is 2.31. The van der Waals surface area contributed by atoms with Crippen molar-refractivity contribution in [2.75, 3.05) is 7.11 Å². The zero-order valence-corrected chi connectivity index (χ0v) is 9.96. The number of halogens is 3. The first kappa shape index (κ1) is 12.5. The number of hydrogen-bond donors (Lipinski definition) is 0. The lowest BCUT2D eigenvalue weighted by Gasteiger charge is -2.09. The van der Waals surface area contributed by atoms with E-state index in [-0.39, 0.29) is 16.3 Å². The predicted molar refractivity (Wildman–Crippen MR) is 56.4 cm³/mol. The molecule has 3 nitrogen and oxygen atoms in total. The highest BCUT2D eigenvalue weighted by atomic mass is 35.7. The topological polar surface area (TPSA) is 43.4 Å². The third-order valence-corrected chi connectivity index (χ3v) is 2.99. The van der Waals surface area contributed by atoms with Crippen molar-refractivity contribution in [2.24, 2.45) is 0 Å². The third-order valence-electron chi connectivity index (χ3n) is 1.68. The van der Waals surface area contributed by atoms with Gasteiger partial charge < -0.3 is 4.74 Å². The molecule has 0 aliphatic rings. The van der Waals surface area contributed by atoms with Crippen LogP contribution in [0, 0.1) is 5.82 Å². The van der Waals surface area contributed by atoms with Gasteiger partial charge in [-0.25, -0.2) is 12.8 Å². The van der Waals surface area contributed by atoms with Gasteiger partial charge in [-0.1, -0.05) is 11.6 Å². The Morgan fingerprint density at radius 3 is 2.53 bits per heavy atom. The summed E-state index contributed by atoms with van der Waals surface area (Å²) in [7, 11) is 2.47. The molecule has 0 amide bonds. The maximum Gasteiger partial charge on any atom is 0.236 e. The van der Waals surface area contributed by atoms with Gasteiger partial charge >= 0.3 is 0 Å². The van der Waals surface area contributed by atoms with E-state index in [4.69, 9.17) is 27.0 Å². The minimum absolute atomic E-state index is 0.0224. The largest absolute Gasteiger partial charge is 0.493 e. The summed E-state index contributed by atoms with van der Waals surface area (Å²) in [5.74, 6) is -1.46. The number of methoxy groups -OCH3 is 1. The molecule has 0 unspecified atom stereocenters. The van der Waals surface area contributed by atoms with Crippen LogP contribution in [0.5, 0.6) is 5.75 Å². The van der Waals surface area contributed by atoms with Crippen LogP contribution >= 0.6 is 22.3 Å². The molecular formula is C8H7Cl2FO3S. The van der Waals surface area contributed by atoms with Crippen molar-refractivity contribution in [2.45, 2.75) is 5.75 Å². The fraction of sp³-hybridized carbons (Fsp3) is 0.250. The first-order valence-electron chi connectivity index (χ1n) is 3.78. The first-order chi connectivity index (χ1) is 6.85. The van der Waals surface area contributed by atoms with E-state index in [2.05, 4.69) is 0 Å². The molecule has 1 aromatic rings. The number of hydrogen-bond acceptors (Lipinski definition) is 3. The Labute approximate surface area is 96.2 Å². The highest BCUT2D eigenvalue weighted by Gasteiger charge is 2.18. The Kier molecular flexibility index (Phi) is 3.81. The monoisotopic (exact) mass is 272 g/mol. The van der Waals surface area contributed by atoms with Crippen LogP contribution in [0.3, 0.4) is 0 Å². The average molecular weight is 273 g/mol. The second-order valence-corrected chi connectivity index (χ2v) is 5.91. The van der Waals surface area contributed by atoms with E-state index < -0.39 is 20.6 Å². The van der Waals surface area contributed by atoms with Gasteiger partial charge in [-0.05, 0) is 12.1 Å². The summed E-state index contributed by atoms with van der Waals surface area (Å²) >= 11 is 5.72. The standard InChI is InChI=1S/C8H7Cl2FO3S/c1-14-8-5(4-15(10,12)13)6(9)2-3-7(8)11/h2-3H,4H2,1H3. The van der Waals surface area contributed by atoms with Crippen molar-refractivity contribution in [3.05, 3.63) is 28.5 Å². The maximum absolute atomic E-state index is 13.2. The van der Waals surface area contributed by atoms with Crippen LogP contribution < -0.4 is 4.74 Å². The summed E-state index contributed by atoms with van der Waals surface area (Å²) in [4.78, 5) is 0. The molecule has 0 saturated heterocycles. The summed E-state index contributed by atoms with van der Waals surface area (Å²) in [6.45, 7) is 0. The average Bonchev–Trinajstić information content (AvgIpc) is 2.10. The van der Waals surface area contributed by atoms with Gasteiger partial charge in [0.05, 0.1) is 12.9 Å². The second kappa shape index (κ2) is 4.55. The van der Waals surface area contributed by atoms with Crippen LogP contribution in [0.1, 0.15) is 5.56 Å². The van der Waals surface area contributed by atoms with Gasteiger partial charge in [0.2, 0.25) is 9.05 Å². The van der Waals surface area contributed by atoms with Gasteiger partial charge in [-0.15, -0.1) is 0 Å². The first-order valence-corrected chi connectivity index (χ1v) is 6.64. The molecule has 0 radical (unpaired) electrons. The fourth-order valence-electron chi connectivity index (χ4n) is 1.10. The molecule has 0 heterocycles. The molecule has 1 aromatic carbocycles. The van der Waals surface area contributed by atoms with E-state index in [0.29, 0.717) is 0 Å². The Morgan fingerprint density at radius 1 is 1.47 bits per heavy atom. The van der Waals surface area contributed by atoms with Crippen molar-refractivity contribution in [1.29, 1.82) is 0 Å². The predicted octanol–water partition coefficient (Wildman–Crippen LogP) is 2.56. The Morgan fingerprint density at radius 2 is 2.07 bits per heavy atom. The molecule has 1 rings (SSSR count). The molecule has 0 atom stereocenters. The van der Waals surface area contributed by atoms with Gasteiger partial charge in [-0.2, -0.15) is 0 Å². The Balaban J connectivity index is 3.32. The van der Waals surface area contributed by atoms with Crippen LogP contribution in [0.4, 0.5) is 4.39 Å². The lowest BCUT2D eigenvalue weighted by molar-refractivity contribution is 0.383. The van der Waals surface area contributed by atoms with Crippen LogP contribution in [0.2, 0.25) is 5.02 Å². The van der Waals surface area contributed by atoms with E-state index in [0.717, 1.165) is 6.07 Å². The third kappa shape index (κ3) is 3.22. The molecule has 0 N–H and O–H groups in total. The lowest BCUT2D eigenvalue weighted by Crippen LogP contribution is -2.01. The number of ether oxygens (including phenoxy) is 1. The minimum Gasteiger partial charge on any atom is -0.493 e. The van der Waals surface area contributed by atoms with Crippen molar-refractivity contribution in [3.63, 3.8) is 0 Å². The molecule has 0 aliphatic carbocycles. The van der Waals surface area contributed by atoms with Crippen LogP contribution in [0.25, 0.3) is 0 Å². The molecule has 0 aromatic heterocycles. The van der Waals surface area contributed by atoms with E-state index in [1.807, 2.05) is 0 Å². The van der Waals surface area contributed by atoms with Crippen LogP contribution in [-0.4, -0.2) is 15.5 Å². The summed E-state index contributed by atoms with van der Waals surface area (Å²) in [6, 6.07) is 2.34. The van der Waals surface area contributed by atoms with Gasteiger partial charge in [-0.3, -0.25) is 0 Å². The summed E-state index contributed by atoms with van der Waals surface area (Å²) in [5.41, 5.74) is 0.0224. The van der Waals surface area contributed by atoms with Crippen molar-refractivity contribution >= 4 is 31.3 Å². The van der Waals surface area contributed by atoms with Crippen molar-refractivity contribution in [3.8, 4) is 5.75 Å². The highest BCUT2D eigenvalue weighted by molar-refractivity contribution is 8.13. The van der Waals surface area contributed by atoms with E-state index in [1.54, 1.807) is 0 Å². The summed E-state index contributed by atoms with van der Waals surface area (Å²) in [5, 5.41) is 0.0949. The van der Waals surface area contributed by atoms with E-state index >= 15 is 0 Å². The number of benzene rings is 1. The summed E-state index contributed by atoms with van der Waals surface area (Å²) in [6.07, 6.45) is 0. The molecule has 15 heavy (non-hydrogen) atoms. The molecule has 0 bridgehead atoms. The smallest absolute Gasteiger partial charge is 0.236 e. The fourth-order valence-corrected chi connectivity index (χ4v) is 2.36. The zero-order chi connectivity index (χ0) is 11.6. The van der Waals surface area contributed by atoms with E-state index in [9.17, 15) is 12.8 Å². The SMILES string of the molecule is COc1c(F)ccc(Cl)c1CS(=O)(=O)Cl. The minimum atomic E-state index is -3.81. The van der Waals surface area contributed by atoms with Crippen molar-refractivity contribution < 1.29 is 17.5 Å². The Bertz CT molecular complexity index is 473. The quantitative estimate of drug-likeness (QED) is 0.795. The molecule has 0 spiro atoms. The molecular weight excluding hydrogens is 266 g/mol. The van der Waals surface area contributed by atoms with Crippen molar-refractivity contribution in [1.82, 2.24) is 0 Å².